The summed E-state index contributed by atoms with van der Waals surface area (Å²) in [5.74, 6) is 0.149. The molecule has 2 rings (SSSR count). The molecule has 0 aliphatic rings. The SMILES string of the molecule is O=[N+]([O-])c1ccc(Oc2ccccc2)c(S(=O)(=O)O)c1.[Na+]. The van der Waals surface area contributed by atoms with Crippen LogP contribution in [0.3, 0.4) is 0 Å². The molecule has 2 aromatic carbocycles. The predicted octanol–water partition coefficient (Wildman–Crippen LogP) is -0.362. The van der Waals surface area contributed by atoms with Gasteiger partial charge in [0.05, 0.1) is 4.92 Å². The van der Waals surface area contributed by atoms with Crippen molar-refractivity contribution in [1.82, 2.24) is 0 Å². The summed E-state index contributed by atoms with van der Waals surface area (Å²) in [7, 11) is -4.64. The number of nitro groups is 1. The number of nitro benzene ring substituents is 1. The number of para-hydroxylation sites is 1. The molecular weight excluding hydrogens is 309 g/mol. The number of nitrogens with zero attached hydrogens (tertiary/aromatic N) is 1. The average molecular weight is 318 g/mol. The largest absolute Gasteiger partial charge is 1.00 e. The quantitative estimate of drug-likeness (QED) is 0.357. The normalized spacial score (nSPS) is 10.5. The van der Waals surface area contributed by atoms with Crippen LogP contribution in [0.4, 0.5) is 5.69 Å². The van der Waals surface area contributed by atoms with E-state index in [9.17, 15) is 18.5 Å². The van der Waals surface area contributed by atoms with Gasteiger partial charge in [-0.2, -0.15) is 8.42 Å². The summed E-state index contributed by atoms with van der Waals surface area (Å²) in [4.78, 5) is 9.22. The standard InChI is InChI=1S/C12H9NO6S.Na/c14-13(15)9-6-7-11(12(8-9)20(16,17)18)19-10-4-2-1-3-5-10;/h1-8H,(H,16,17,18);/q;+1. The predicted molar refractivity (Wildman–Crippen MR) is 69.4 cm³/mol. The third-order valence-electron chi connectivity index (χ3n) is 2.39. The maximum Gasteiger partial charge on any atom is 1.00 e. The Balaban J connectivity index is 0.00000220. The molecule has 1 N–H and O–H groups in total. The molecule has 9 heteroatoms. The van der Waals surface area contributed by atoms with E-state index in [-0.39, 0.29) is 35.3 Å². The van der Waals surface area contributed by atoms with Crippen LogP contribution in [-0.4, -0.2) is 17.9 Å². The molecule has 0 fully saturated rings. The molecule has 0 saturated carbocycles. The molecule has 7 nitrogen and oxygen atoms in total. The summed E-state index contributed by atoms with van der Waals surface area (Å²) in [6.07, 6.45) is 0. The third-order valence-corrected chi connectivity index (χ3v) is 3.26. The van der Waals surface area contributed by atoms with Crippen molar-refractivity contribution in [2.45, 2.75) is 4.90 Å². The number of non-ortho nitro benzene ring substituents is 1. The number of ether oxygens (including phenoxy) is 1. The van der Waals surface area contributed by atoms with Gasteiger partial charge in [-0.05, 0) is 18.2 Å². The molecule has 0 amide bonds. The molecular formula is C12H9NNaO6S+. The molecule has 0 heterocycles. The average Bonchev–Trinajstić information content (AvgIpc) is 2.39. The van der Waals surface area contributed by atoms with Crippen molar-refractivity contribution in [3.63, 3.8) is 0 Å². The molecule has 0 saturated heterocycles. The van der Waals surface area contributed by atoms with Crippen LogP contribution in [-0.2, 0) is 10.1 Å². The van der Waals surface area contributed by atoms with Gasteiger partial charge >= 0.3 is 29.6 Å². The maximum atomic E-state index is 11.3. The number of benzene rings is 2. The summed E-state index contributed by atoms with van der Waals surface area (Å²) < 4.78 is 37.0. The van der Waals surface area contributed by atoms with Crippen LogP contribution in [0.2, 0.25) is 0 Å². The molecule has 21 heavy (non-hydrogen) atoms. The number of hydrogen-bond acceptors (Lipinski definition) is 5. The second-order valence-electron chi connectivity index (χ2n) is 3.78. The minimum atomic E-state index is -4.64. The zero-order chi connectivity index (χ0) is 14.8. The van der Waals surface area contributed by atoms with E-state index in [0.29, 0.717) is 5.75 Å². The minimum absolute atomic E-state index is 0. The van der Waals surface area contributed by atoms with Crippen molar-refractivity contribution in [3.8, 4) is 11.5 Å². The van der Waals surface area contributed by atoms with E-state index in [2.05, 4.69) is 0 Å². The first-order valence-electron chi connectivity index (χ1n) is 5.37. The van der Waals surface area contributed by atoms with Gasteiger partial charge in [-0.25, -0.2) is 0 Å². The Morgan fingerprint density at radius 1 is 1.10 bits per heavy atom. The van der Waals surface area contributed by atoms with Crippen molar-refractivity contribution >= 4 is 15.8 Å². The molecule has 104 valence electrons. The summed E-state index contributed by atoms with van der Waals surface area (Å²) in [5.41, 5.74) is -0.460. The van der Waals surface area contributed by atoms with Crippen LogP contribution >= 0.6 is 0 Å². The Morgan fingerprint density at radius 2 is 1.71 bits per heavy atom. The maximum absolute atomic E-state index is 11.3. The van der Waals surface area contributed by atoms with Gasteiger partial charge in [-0.15, -0.1) is 0 Å². The zero-order valence-corrected chi connectivity index (χ0v) is 13.8. The Labute approximate surface area is 142 Å². The fourth-order valence-corrected chi connectivity index (χ4v) is 2.15. The monoisotopic (exact) mass is 318 g/mol. The number of hydrogen-bond donors (Lipinski definition) is 1. The van der Waals surface area contributed by atoms with Crippen LogP contribution in [0.15, 0.2) is 53.4 Å². The molecule has 2 aromatic rings. The summed E-state index contributed by atoms with van der Waals surface area (Å²) in [6.45, 7) is 0. The second kappa shape index (κ2) is 7.01. The fraction of sp³-hybridized carbons (Fsp3) is 0. The molecule has 0 atom stereocenters. The Morgan fingerprint density at radius 3 is 2.24 bits per heavy atom. The van der Waals surface area contributed by atoms with Crippen molar-refractivity contribution in [2.24, 2.45) is 0 Å². The van der Waals surface area contributed by atoms with Gasteiger partial charge in [0.1, 0.15) is 16.4 Å². The minimum Gasteiger partial charge on any atom is -0.456 e. The summed E-state index contributed by atoms with van der Waals surface area (Å²) in [6, 6.07) is 11.2. The molecule has 0 radical (unpaired) electrons. The van der Waals surface area contributed by atoms with Gasteiger partial charge in [0.2, 0.25) is 0 Å². The molecule has 0 unspecified atom stereocenters. The first kappa shape index (κ1) is 17.6. The fourth-order valence-electron chi connectivity index (χ4n) is 1.51. The van der Waals surface area contributed by atoms with Crippen LogP contribution in [0.5, 0.6) is 11.5 Å². The van der Waals surface area contributed by atoms with Gasteiger partial charge in [0, 0.05) is 12.1 Å². The zero-order valence-electron chi connectivity index (χ0n) is 11.0. The van der Waals surface area contributed by atoms with E-state index in [4.69, 9.17) is 9.29 Å². The van der Waals surface area contributed by atoms with Gasteiger partial charge in [0.25, 0.3) is 15.8 Å². The first-order chi connectivity index (χ1) is 9.38. The van der Waals surface area contributed by atoms with Crippen molar-refractivity contribution < 1.29 is 52.2 Å². The molecule has 0 bridgehead atoms. The third kappa shape index (κ3) is 4.51. The van der Waals surface area contributed by atoms with Crippen LogP contribution in [0.25, 0.3) is 0 Å². The van der Waals surface area contributed by atoms with Crippen LogP contribution in [0, 0.1) is 10.1 Å². The first-order valence-corrected chi connectivity index (χ1v) is 6.81. The smallest absolute Gasteiger partial charge is 0.456 e. The summed E-state index contributed by atoms with van der Waals surface area (Å²) in [5, 5.41) is 10.6. The number of rotatable bonds is 4. The van der Waals surface area contributed by atoms with Crippen molar-refractivity contribution in [3.05, 3.63) is 58.6 Å². The Kier molecular flexibility index (Phi) is 5.87. The molecule has 0 aromatic heterocycles. The Bertz CT molecular complexity index is 748. The topological polar surface area (TPSA) is 107 Å². The molecule has 0 aliphatic carbocycles. The van der Waals surface area contributed by atoms with E-state index >= 15 is 0 Å². The van der Waals surface area contributed by atoms with Gasteiger partial charge in [-0.3, -0.25) is 14.7 Å². The van der Waals surface area contributed by atoms with E-state index < -0.39 is 25.6 Å². The van der Waals surface area contributed by atoms with Gasteiger partial charge in [0.15, 0.2) is 0 Å². The molecule has 0 aliphatic heterocycles. The van der Waals surface area contributed by atoms with E-state index in [1.807, 2.05) is 0 Å². The van der Waals surface area contributed by atoms with E-state index in [1.54, 1.807) is 30.3 Å². The second-order valence-corrected chi connectivity index (χ2v) is 5.17. The van der Waals surface area contributed by atoms with E-state index in [0.717, 1.165) is 18.2 Å². The van der Waals surface area contributed by atoms with Crippen LogP contribution in [0.1, 0.15) is 0 Å². The van der Waals surface area contributed by atoms with Crippen LogP contribution < -0.4 is 34.3 Å². The molecule has 0 spiro atoms. The Hall–Kier alpha value is -1.45. The van der Waals surface area contributed by atoms with Crippen molar-refractivity contribution in [1.29, 1.82) is 0 Å². The summed E-state index contributed by atoms with van der Waals surface area (Å²) >= 11 is 0. The van der Waals surface area contributed by atoms with E-state index in [1.165, 1.54) is 0 Å². The van der Waals surface area contributed by atoms with Gasteiger partial charge < -0.3 is 4.74 Å². The van der Waals surface area contributed by atoms with Gasteiger partial charge in [-0.1, -0.05) is 18.2 Å². The van der Waals surface area contributed by atoms with Crippen molar-refractivity contribution in [2.75, 3.05) is 0 Å².